The maximum atomic E-state index is 13.3. The average molecular weight is 499 g/mol. The lowest BCUT2D eigenvalue weighted by molar-refractivity contribution is 0.0827. The number of halogens is 1. The van der Waals surface area contributed by atoms with Crippen molar-refractivity contribution in [1.29, 1.82) is 0 Å². The van der Waals surface area contributed by atoms with Crippen molar-refractivity contribution in [2.75, 3.05) is 14.1 Å². The third kappa shape index (κ3) is 3.86. The van der Waals surface area contributed by atoms with E-state index < -0.39 is 10.0 Å². The van der Waals surface area contributed by atoms with E-state index in [9.17, 15) is 13.2 Å². The predicted molar refractivity (Wildman–Crippen MR) is 122 cm³/mol. The van der Waals surface area contributed by atoms with Crippen molar-refractivity contribution in [3.8, 4) is 11.3 Å². The van der Waals surface area contributed by atoms with Crippen LogP contribution in [0.3, 0.4) is 0 Å². The van der Waals surface area contributed by atoms with E-state index >= 15 is 0 Å². The number of nitrogens with zero attached hydrogens (tertiary/aromatic N) is 4. The monoisotopic (exact) mass is 498 g/mol. The van der Waals surface area contributed by atoms with Crippen LogP contribution >= 0.6 is 15.9 Å². The Hall–Kier alpha value is -3.04. The van der Waals surface area contributed by atoms with E-state index in [2.05, 4.69) is 25.9 Å². The van der Waals surface area contributed by atoms with Crippen LogP contribution in [0.4, 0.5) is 0 Å². The number of aromatic nitrogens is 3. The summed E-state index contributed by atoms with van der Waals surface area (Å²) < 4.78 is 28.6. The van der Waals surface area contributed by atoms with Crippen molar-refractivity contribution in [2.24, 2.45) is 0 Å². The summed E-state index contributed by atoms with van der Waals surface area (Å²) >= 11 is 3.41. The van der Waals surface area contributed by atoms with Crippen LogP contribution in [0, 0.1) is 6.92 Å². The Balaban J connectivity index is 1.89. The second-order valence-corrected chi connectivity index (χ2v) is 10.0. The SMILES string of the molecule is Cc1ccc(S(=O)(=O)n2cc(-c3ccc(C(=O)N(C)C)cn3)c3cc(Br)cnc32)cc1. The number of aryl methyl sites for hydroxylation is 1. The largest absolute Gasteiger partial charge is 0.345 e. The topological polar surface area (TPSA) is 85.2 Å². The van der Waals surface area contributed by atoms with Gasteiger partial charge in [-0.15, -0.1) is 0 Å². The Morgan fingerprint density at radius 2 is 1.74 bits per heavy atom. The van der Waals surface area contributed by atoms with Crippen LogP contribution in [-0.2, 0) is 10.0 Å². The first-order valence-corrected chi connectivity index (χ1v) is 11.6. The van der Waals surface area contributed by atoms with Crippen LogP contribution in [0.25, 0.3) is 22.3 Å². The molecule has 0 unspecified atom stereocenters. The molecule has 31 heavy (non-hydrogen) atoms. The van der Waals surface area contributed by atoms with Crippen molar-refractivity contribution in [3.05, 3.63) is 76.7 Å². The van der Waals surface area contributed by atoms with E-state index in [0.717, 1.165) is 5.56 Å². The first-order chi connectivity index (χ1) is 14.7. The summed E-state index contributed by atoms with van der Waals surface area (Å²) in [5, 5.41) is 0.629. The van der Waals surface area contributed by atoms with Crippen molar-refractivity contribution in [2.45, 2.75) is 11.8 Å². The zero-order valence-corrected chi connectivity index (χ0v) is 19.5. The highest BCUT2D eigenvalue weighted by molar-refractivity contribution is 9.10. The predicted octanol–water partition coefficient (Wildman–Crippen LogP) is 4.11. The number of hydrogen-bond acceptors (Lipinski definition) is 5. The lowest BCUT2D eigenvalue weighted by Gasteiger charge is -2.09. The molecule has 4 aromatic rings. The number of carbonyl (C=O) groups excluding carboxylic acids is 1. The summed E-state index contributed by atoms with van der Waals surface area (Å²) in [6.07, 6.45) is 4.56. The smallest absolute Gasteiger partial charge is 0.269 e. The third-order valence-electron chi connectivity index (χ3n) is 4.85. The van der Waals surface area contributed by atoms with Gasteiger partial charge in [-0.25, -0.2) is 17.4 Å². The average Bonchev–Trinajstić information content (AvgIpc) is 3.13. The Morgan fingerprint density at radius 1 is 1.03 bits per heavy atom. The van der Waals surface area contributed by atoms with Gasteiger partial charge in [-0.05, 0) is 53.2 Å². The lowest BCUT2D eigenvalue weighted by Crippen LogP contribution is -2.21. The van der Waals surface area contributed by atoms with Crippen LogP contribution in [0.15, 0.2) is 70.4 Å². The van der Waals surface area contributed by atoms with E-state index in [0.29, 0.717) is 32.3 Å². The molecule has 0 radical (unpaired) electrons. The van der Waals surface area contributed by atoms with Gasteiger partial charge in [0.25, 0.3) is 15.9 Å². The standard InChI is InChI=1S/C22H19BrN4O3S/c1-14-4-7-17(8-5-14)31(29,30)27-13-19(18-10-16(23)12-25-21(18)27)20-9-6-15(11-24-20)22(28)26(2)3/h4-13H,1-3H3. The van der Waals surface area contributed by atoms with Gasteiger partial charge in [-0.2, -0.15) is 0 Å². The highest BCUT2D eigenvalue weighted by Crippen LogP contribution is 2.32. The van der Waals surface area contributed by atoms with Crippen LogP contribution in [0.2, 0.25) is 0 Å². The summed E-state index contributed by atoms with van der Waals surface area (Å²) in [6, 6.07) is 11.9. The molecule has 0 spiro atoms. The molecule has 0 aliphatic carbocycles. The maximum absolute atomic E-state index is 13.3. The van der Waals surface area contributed by atoms with Crippen LogP contribution < -0.4 is 0 Å². The zero-order valence-electron chi connectivity index (χ0n) is 17.1. The summed E-state index contributed by atoms with van der Waals surface area (Å²) in [5.74, 6) is -0.159. The molecule has 0 bridgehead atoms. The first kappa shape index (κ1) is 21.2. The number of fused-ring (bicyclic) bond motifs is 1. The maximum Gasteiger partial charge on any atom is 0.269 e. The highest BCUT2D eigenvalue weighted by Gasteiger charge is 2.23. The fourth-order valence-corrected chi connectivity index (χ4v) is 4.86. The van der Waals surface area contributed by atoms with Gasteiger partial charge in [0.1, 0.15) is 0 Å². The molecule has 3 heterocycles. The molecule has 3 aromatic heterocycles. The molecule has 0 aliphatic rings. The molecule has 158 valence electrons. The second-order valence-electron chi connectivity index (χ2n) is 7.31. The van der Waals surface area contributed by atoms with Gasteiger partial charge in [0.05, 0.1) is 16.2 Å². The lowest BCUT2D eigenvalue weighted by atomic mass is 10.1. The van der Waals surface area contributed by atoms with Crippen molar-refractivity contribution < 1.29 is 13.2 Å². The minimum Gasteiger partial charge on any atom is -0.345 e. The minimum atomic E-state index is -3.86. The molecule has 4 rings (SSSR count). The van der Waals surface area contributed by atoms with Gasteiger partial charge in [-0.1, -0.05) is 17.7 Å². The normalized spacial score (nSPS) is 11.6. The first-order valence-electron chi connectivity index (χ1n) is 9.35. The molecule has 0 aliphatic heterocycles. The number of hydrogen-bond donors (Lipinski definition) is 0. The Kier molecular flexibility index (Phi) is 5.40. The molecule has 9 heteroatoms. The van der Waals surface area contributed by atoms with Gasteiger partial charge in [-0.3, -0.25) is 9.78 Å². The third-order valence-corrected chi connectivity index (χ3v) is 6.95. The highest BCUT2D eigenvalue weighted by atomic mass is 79.9. The van der Waals surface area contributed by atoms with Crippen molar-refractivity contribution in [1.82, 2.24) is 18.8 Å². The number of carbonyl (C=O) groups is 1. The molecule has 7 nitrogen and oxygen atoms in total. The molecular weight excluding hydrogens is 480 g/mol. The summed E-state index contributed by atoms with van der Waals surface area (Å²) in [7, 11) is -0.526. The molecule has 0 fully saturated rings. The Morgan fingerprint density at radius 3 is 2.35 bits per heavy atom. The van der Waals surface area contributed by atoms with E-state index in [1.807, 2.05) is 6.92 Å². The number of rotatable bonds is 4. The van der Waals surface area contributed by atoms with E-state index in [1.165, 1.54) is 21.3 Å². The number of pyridine rings is 2. The van der Waals surface area contributed by atoms with Gasteiger partial charge in [0.2, 0.25) is 0 Å². The molecule has 0 atom stereocenters. The van der Waals surface area contributed by atoms with E-state index in [-0.39, 0.29) is 10.8 Å². The zero-order chi connectivity index (χ0) is 22.3. The summed E-state index contributed by atoms with van der Waals surface area (Å²) in [4.78, 5) is 22.6. The number of benzene rings is 1. The van der Waals surface area contributed by atoms with Gasteiger partial charge in [0.15, 0.2) is 5.65 Å². The molecule has 0 saturated carbocycles. The molecular formula is C22H19BrN4O3S. The van der Waals surface area contributed by atoms with Gasteiger partial charge in [0, 0.05) is 48.1 Å². The second kappa shape index (κ2) is 7.90. The molecule has 1 aromatic carbocycles. The molecule has 0 N–H and O–H groups in total. The van der Waals surface area contributed by atoms with Crippen LogP contribution in [0.5, 0.6) is 0 Å². The fourth-order valence-electron chi connectivity index (χ4n) is 3.20. The van der Waals surface area contributed by atoms with Crippen molar-refractivity contribution >= 4 is 42.9 Å². The van der Waals surface area contributed by atoms with Gasteiger partial charge < -0.3 is 4.90 Å². The minimum absolute atomic E-state index is 0.159. The van der Waals surface area contributed by atoms with Crippen molar-refractivity contribution in [3.63, 3.8) is 0 Å². The van der Waals surface area contributed by atoms with E-state index in [4.69, 9.17) is 0 Å². The Bertz CT molecular complexity index is 1390. The van der Waals surface area contributed by atoms with Crippen LogP contribution in [0.1, 0.15) is 15.9 Å². The summed E-state index contributed by atoms with van der Waals surface area (Å²) in [6.45, 7) is 1.90. The summed E-state index contributed by atoms with van der Waals surface area (Å²) in [5.41, 5.74) is 2.86. The fraction of sp³-hybridized carbons (Fsp3) is 0.136. The quantitative estimate of drug-likeness (QED) is 0.422. The van der Waals surface area contributed by atoms with E-state index in [1.54, 1.807) is 62.8 Å². The number of amides is 1. The Labute approximate surface area is 188 Å². The van der Waals surface area contributed by atoms with Gasteiger partial charge >= 0.3 is 0 Å². The molecule has 0 saturated heterocycles. The molecule has 1 amide bonds. The van der Waals surface area contributed by atoms with Crippen LogP contribution in [-0.4, -0.2) is 47.3 Å².